The summed E-state index contributed by atoms with van der Waals surface area (Å²) in [5, 5.41) is 0. The zero-order valence-corrected chi connectivity index (χ0v) is 15.2. The predicted molar refractivity (Wildman–Crippen MR) is 66.6 cm³/mol. The summed E-state index contributed by atoms with van der Waals surface area (Å²) in [5.74, 6) is 0.927. The molecule has 2 nitrogen and oxygen atoms in total. The summed E-state index contributed by atoms with van der Waals surface area (Å²) in [5.41, 5.74) is 0. The molecule has 0 aliphatic heterocycles. The Bertz CT molecular complexity index is 549. The first kappa shape index (κ1) is 17.4. The second kappa shape index (κ2) is 8.62. The van der Waals surface area contributed by atoms with Gasteiger partial charge in [0.05, 0.1) is 7.11 Å². The van der Waals surface area contributed by atoms with E-state index in [0.717, 1.165) is 5.75 Å². The Morgan fingerprint density at radius 1 is 0.900 bits per heavy atom. The fourth-order valence-electron chi connectivity index (χ4n) is 1.24. The van der Waals surface area contributed by atoms with E-state index < -0.39 is 20.5 Å². The van der Waals surface area contributed by atoms with Crippen molar-refractivity contribution in [1.29, 1.82) is 0 Å². The number of methoxy groups -OCH3 is 1. The van der Waals surface area contributed by atoms with Gasteiger partial charge in [-0.1, -0.05) is 18.2 Å². The third-order valence-corrected chi connectivity index (χ3v) is 4.68. The zero-order valence-electron chi connectivity index (χ0n) is 10.5. The van der Waals surface area contributed by atoms with Crippen LogP contribution in [0.4, 0.5) is 8.44 Å². The third-order valence-electron chi connectivity index (χ3n) is 2.00. The molecule has 0 spiro atoms. The summed E-state index contributed by atoms with van der Waals surface area (Å²) in [7, 11) is 1.70. The Labute approximate surface area is 132 Å². The molecular weight excluding hydrogens is 494 g/mol. The van der Waals surface area contributed by atoms with Crippen molar-refractivity contribution >= 4 is 20.5 Å². The van der Waals surface area contributed by atoms with Crippen LogP contribution in [0.2, 0.25) is 0 Å². The van der Waals surface area contributed by atoms with Gasteiger partial charge in [0.2, 0.25) is 0 Å². The van der Waals surface area contributed by atoms with Gasteiger partial charge in [0.15, 0.2) is 7.14 Å². The maximum absolute atomic E-state index is 10.00. The molecule has 108 valence electrons. The van der Waals surface area contributed by atoms with Crippen LogP contribution in [-0.2, 0) is 3.02 Å². The SMILES string of the molecule is COc1ccc([I+]c2ccccc2)cc1.[O]=[Sb]([F])([F])[F]. The second-order valence-corrected chi connectivity index (χ2v) is 8.75. The minimum atomic E-state index is -6.85. The van der Waals surface area contributed by atoms with Gasteiger partial charge >= 0.3 is 53.2 Å². The molecule has 0 amide bonds. The molecular formula is C13H12F3IO2Sb+. The molecule has 2 rings (SSSR count). The fraction of sp³-hybridized carbons (Fsp3) is 0.0769. The van der Waals surface area contributed by atoms with E-state index in [1.807, 2.05) is 12.1 Å². The first-order valence-corrected chi connectivity index (χ1v) is 11.5. The number of hydrogen-bond acceptors (Lipinski definition) is 2. The molecule has 2 aromatic carbocycles. The van der Waals surface area contributed by atoms with Crippen LogP contribution >= 0.6 is 0 Å². The summed E-state index contributed by atoms with van der Waals surface area (Å²) < 4.78 is 46.3. The molecule has 0 atom stereocenters. The molecule has 0 fully saturated rings. The third kappa shape index (κ3) is 8.53. The Morgan fingerprint density at radius 3 is 1.80 bits per heavy atom. The van der Waals surface area contributed by atoms with Crippen molar-refractivity contribution in [3.05, 3.63) is 61.7 Å². The van der Waals surface area contributed by atoms with Gasteiger partial charge in [-0.15, -0.1) is 0 Å². The summed E-state index contributed by atoms with van der Waals surface area (Å²) in [6.45, 7) is 0. The molecule has 20 heavy (non-hydrogen) atoms. The number of ether oxygens (including phenoxy) is 1. The van der Waals surface area contributed by atoms with E-state index in [4.69, 9.17) is 7.75 Å². The molecule has 0 heterocycles. The number of rotatable bonds is 3. The topological polar surface area (TPSA) is 26.3 Å². The standard InChI is InChI=1S/C13H12IO.3FH.O.Sb/c1-15-13-9-7-12(8-10-13)14-11-5-3-2-4-6-11;;;;;/h2-10H,1H3;3*1H;;/q+1;;;;;+3/p-3. The second-order valence-electron chi connectivity index (χ2n) is 3.45. The first-order valence-electron chi connectivity index (χ1n) is 5.41. The van der Waals surface area contributed by atoms with Crippen LogP contribution in [0.15, 0.2) is 54.6 Å². The van der Waals surface area contributed by atoms with Gasteiger partial charge in [0, 0.05) is 0 Å². The molecule has 7 heteroatoms. The van der Waals surface area contributed by atoms with Crippen LogP contribution in [0.1, 0.15) is 0 Å². The summed E-state index contributed by atoms with van der Waals surface area (Å²) in [6, 6.07) is 19.0. The van der Waals surface area contributed by atoms with Gasteiger partial charge in [-0.2, -0.15) is 0 Å². The Balaban J connectivity index is 0.000000347. The zero-order chi connectivity index (χ0) is 15.0. The summed E-state index contributed by atoms with van der Waals surface area (Å²) >= 11 is -6.89. The van der Waals surface area contributed by atoms with Crippen LogP contribution in [0.3, 0.4) is 0 Å². The molecule has 2 aromatic rings. The molecule has 0 aromatic heterocycles. The Kier molecular flexibility index (Phi) is 7.51. The van der Waals surface area contributed by atoms with E-state index in [0.29, 0.717) is 0 Å². The van der Waals surface area contributed by atoms with E-state index in [9.17, 15) is 8.44 Å². The van der Waals surface area contributed by atoms with E-state index >= 15 is 0 Å². The van der Waals surface area contributed by atoms with Gasteiger partial charge in [-0.25, -0.2) is 0 Å². The van der Waals surface area contributed by atoms with E-state index in [2.05, 4.69) is 42.5 Å². The van der Waals surface area contributed by atoms with Crippen molar-refractivity contribution in [2.75, 3.05) is 7.11 Å². The van der Waals surface area contributed by atoms with E-state index in [1.165, 1.54) is 7.14 Å². The monoisotopic (exact) mass is 505 g/mol. The minimum absolute atomic E-state index is 0.0449. The van der Waals surface area contributed by atoms with Crippen molar-refractivity contribution in [3.8, 4) is 5.75 Å². The normalized spacial score (nSPS) is 10.4. The van der Waals surface area contributed by atoms with Gasteiger partial charge in [-0.3, -0.25) is 0 Å². The molecule has 0 bridgehead atoms. The van der Waals surface area contributed by atoms with Gasteiger partial charge in [0.25, 0.3) is 0 Å². The predicted octanol–water partition coefficient (Wildman–Crippen LogP) is 0.585. The van der Waals surface area contributed by atoms with Crippen LogP contribution in [0, 0.1) is 7.14 Å². The van der Waals surface area contributed by atoms with Gasteiger partial charge in [-0.05, 0) is 36.4 Å². The summed E-state index contributed by atoms with van der Waals surface area (Å²) in [4.78, 5) is 0. The molecule has 0 radical (unpaired) electrons. The number of halogens is 4. The fourth-order valence-corrected chi connectivity index (χ4v) is 3.45. The average Bonchev–Trinajstić information content (AvgIpc) is 2.39. The van der Waals surface area contributed by atoms with Crippen LogP contribution in [-0.4, -0.2) is 27.6 Å². The van der Waals surface area contributed by atoms with Crippen molar-refractivity contribution < 1.29 is 37.4 Å². The quantitative estimate of drug-likeness (QED) is 0.451. The van der Waals surface area contributed by atoms with Crippen LogP contribution in [0.5, 0.6) is 5.75 Å². The van der Waals surface area contributed by atoms with Crippen LogP contribution < -0.4 is 25.9 Å². The number of hydrogen-bond donors (Lipinski definition) is 0. The average molecular weight is 506 g/mol. The van der Waals surface area contributed by atoms with Crippen molar-refractivity contribution in [2.24, 2.45) is 0 Å². The van der Waals surface area contributed by atoms with Crippen molar-refractivity contribution in [3.63, 3.8) is 0 Å². The Hall–Kier alpha value is -0.622. The molecule has 0 saturated heterocycles. The molecule has 0 N–H and O–H groups in total. The van der Waals surface area contributed by atoms with Crippen LogP contribution in [0.25, 0.3) is 0 Å². The molecule has 0 unspecified atom stereocenters. The molecule has 0 aliphatic rings. The number of benzene rings is 2. The summed E-state index contributed by atoms with van der Waals surface area (Å²) in [6.07, 6.45) is 0. The van der Waals surface area contributed by atoms with Gasteiger partial charge in [0.1, 0.15) is 5.75 Å². The maximum atomic E-state index is 10.00. The Morgan fingerprint density at radius 2 is 1.35 bits per heavy atom. The van der Waals surface area contributed by atoms with E-state index in [-0.39, 0.29) is 21.2 Å². The van der Waals surface area contributed by atoms with Crippen molar-refractivity contribution in [2.45, 2.75) is 0 Å². The van der Waals surface area contributed by atoms with Crippen molar-refractivity contribution in [1.82, 2.24) is 0 Å². The van der Waals surface area contributed by atoms with Gasteiger partial charge < -0.3 is 4.74 Å². The van der Waals surface area contributed by atoms with E-state index in [1.54, 1.807) is 7.11 Å². The molecule has 0 saturated carbocycles. The molecule has 0 aliphatic carbocycles. The first-order chi connectivity index (χ1) is 9.38.